The van der Waals surface area contributed by atoms with E-state index >= 15 is 0 Å². The normalized spacial score (nSPS) is 17.0. The van der Waals surface area contributed by atoms with Gasteiger partial charge in [-0.15, -0.1) is 0 Å². The quantitative estimate of drug-likeness (QED) is 0.578. The maximum atomic E-state index is 11.9. The predicted octanol–water partition coefficient (Wildman–Crippen LogP) is 2.21. The Balaban J connectivity index is 1.66. The molecule has 1 amide bonds. The molecule has 0 bridgehead atoms. The summed E-state index contributed by atoms with van der Waals surface area (Å²) >= 11 is 0. The number of fused-ring (bicyclic) bond motifs is 1. The summed E-state index contributed by atoms with van der Waals surface area (Å²) in [6.45, 7) is 4.13. The Morgan fingerprint density at radius 2 is 2.16 bits per heavy atom. The van der Waals surface area contributed by atoms with Crippen LogP contribution in [0.5, 0.6) is 0 Å². The minimum Gasteiger partial charge on any atom is -0.357 e. The topological polar surface area (TPSA) is 70.5 Å². The van der Waals surface area contributed by atoms with Crippen LogP contribution in [0.1, 0.15) is 30.4 Å². The van der Waals surface area contributed by atoms with Crippen molar-refractivity contribution < 1.29 is 4.79 Å². The van der Waals surface area contributed by atoms with Crippen molar-refractivity contribution in [3.8, 4) is 0 Å². The van der Waals surface area contributed by atoms with Crippen molar-refractivity contribution in [3.05, 3.63) is 53.9 Å². The fourth-order valence-electron chi connectivity index (χ4n) is 3.07. The third-order valence-electron chi connectivity index (χ3n) is 4.28. The highest BCUT2D eigenvalue weighted by Gasteiger charge is 2.24. The Labute approximate surface area is 148 Å². The van der Waals surface area contributed by atoms with Crippen LogP contribution in [-0.4, -0.2) is 29.5 Å². The van der Waals surface area contributed by atoms with Gasteiger partial charge < -0.3 is 20.5 Å². The smallest absolute Gasteiger partial charge is 0.225 e. The highest BCUT2D eigenvalue weighted by molar-refractivity contribution is 5.94. The summed E-state index contributed by atoms with van der Waals surface area (Å²) in [4.78, 5) is 16.6. The zero-order chi connectivity index (χ0) is 17.6. The van der Waals surface area contributed by atoms with Gasteiger partial charge in [-0.3, -0.25) is 4.79 Å². The molecule has 1 aliphatic rings. The molecule has 6 nitrogen and oxygen atoms in total. The first-order valence-electron chi connectivity index (χ1n) is 8.67. The second kappa shape index (κ2) is 7.88. The fourth-order valence-corrected chi connectivity index (χ4v) is 3.07. The zero-order valence-corrected chi connectivity index (χ0v) is 14.7. The van der Waals surface area contributed by atoms with Crippen LogP contribution in [-0.2, 0) is 18.4 Å². The van der Waals surface area contributed by atoms with Gasteiger partial charge in [-0.2, -0.15) is 0 Å². The molecule has 1 aromatic heterocycles. The van der Waals surface area contributed by atoms with E-state index in [4.69, 9.17) is 0 Å². The van der Waals surface area contributed by atoms with Crippen molar-refractivity contribution in [1.29, 1.82) is 0 Å². The standard InChI is InChI=1S/C19H25N5O/c1-3-20-19(21-11-14-8-9-24(2)13-14)22-12-15-10-18(25)23-17-7-5-4-6-16(15)17/h4-9,13,15H,3,10-12H2,1-2H3,(H,23,25)(H2,20,21,22). The number of amides is 1. The van der Waals surface area contributed by atoms with Gasteiger partial charge in [-0.05, 0) is 30.2 Å². The van der Waals surface area contributed by atoms with Crippen molar-refractivity contribution in [2.45, 2.75) is 25.8 Å². The van der Waals surface area contributed by atoms with Gasteiger partial charge in [0.2, 0.25) is 5.91 Å². The van der Waals surface area contributed by atoms with Crippen molar-refractivity contribution in [3.63, 3.8) is 0 Å². The Kier molecular flexibility index (Phi) is 5.38. The number of nitrogens with zero attached hydrogens (tertiary/aromatic N) is 2. The molecule has 0 fully saturated rings. The summed E-state index contributed by atoms with van der Waals surface area (Å²) in [5.74, 6) is 0.983. The molecular formula is C19H25N5O. The monoisotopic (exact) mass is 339 g/mol. The molecule has 1 atom stereocenters. The van der Waals surface area contributed by atoms with Crippen LogP contribution in [0.4, 0.5) is 5.69 Å². The minimum atomic E-state index is 0.0664. The fraction of sp³-hybridized carbons (Fsp3) is 0.368. The number of benzene rings is 1. The van der Waals surface area contributed by atoms with Crippen LogP contribution in [0.3, 0.4) is 0 Å². The first-order valence-corrected chi connectivity index (χ1v) is 8.67. The van der Waals surface area contributed by atoms with Gasteiger partial charge in [-0.25, -0.2) is 4.99 Å². The highest BCUT2D eigenvalue weighted by atomic mass is 16.1. The summed E-state index contributed by atoms with van der Waals surface area (Å²) in [7, 11) is 2.00. The zero-order valence-electron chi connectivity index (χ0n) is 14.7. The molecule has 1 aromatic carbocycles. The van der Waals surface area contributed by atoms with E-state index in [1.165, 1.54) is 11.1 Å². The Hall–Kier alpha value is -2.76. The molecule has 2 aromatic rings. The summed E-state index contributed by atoms with van der Waals surface area (Å²) in [5.41, 5.74) is 3.26. The average molecular weight is 339 g/mol. The second-order valence-corrected chi connectivity index (χ2v) is 6.30. The van der Waals surface area contributed by atoms with Gasteiger partial charge in [0.25, 0.3) is 0 Å². The molecule has 25 heavy (non-hydrogen) atoms. The first kappa shape index (κ1) is 17.1. The Morgan fingerprint density at radius 1 is 1.32 bits per heavy atom. The van der Waals surface area contributed by atoms with Crippen LogP contribution < -0.4 is 16.0 Å². The molecule has 3 N–H and O–H groups in total. The summed E-state index contributed by atoms with van der Waals surface area (Å²) in [5, 5.41) is 9.58. The van der Waals surface area contributed by atoms with Crippen LogP contribution >= 0.6 is 0 Å². The van der Waals surface area contributed by atoms with E-state index in [1.807, 2.05) is 42.9 Å². The highest BCUT2D eigenvalue weighted by Crippen LogP contribution is 2.31. The molecule has 132 valence electrons. The maximum absolute atomic E-state index is 11.9. The van der Waals surface area contributed by atoms with Crippen molar-refractivity contribution >= 4 is 17.6 Å². The van der Waals surface area contributed by atoms with E-state index in [0.29, 0.717) is 19.5 Å². The number of nitrogens with one attached hydrogen (secondary N) is 3. The van der Waals surface area contributed by atoms with Gasteiger partial charge in [0.15, 0.2) is 5.96 Å². The molecule has 1 aliphatic heterocycles. The van der Waals surface area contributed by atoms with Gasteiger partial charge in [0.1, 0.15) is 0 Å². The summed E-state index contributed by atoms with van der Waals surface area (Å²) in [6.07, 6.45) is 4.57. The molecule has 3 rings (SSSR count). The molecule has 0 radical (unpaired) electrons. The van der Waals surface area contributed by atoms with Crippen molar-refractivity contribution in [1.82, 2.24) is 15.2 Å². The number of carbonyl (C=O) groups excluding carboxylic acids is 1. The minimum absolute atomic E-state index is 0.0664. The molecule has 0 aliphatic carbocycles. The lowest BCUT2D eigenvalue weighted by Gasteiger charge is -2.26. The third-order valence-corrected chi connectivity index (χ3v) is 4.28. The van der Waals surface area contributed by atoms with Crippen LogP contribution in [0.2, 0.25) is 0 Å². The number of guanidine groups is 1. The molecule has 0 saturated carbocycles. The molecule has 2 heterocycles. The number of anilines is 1. The SMILES string of the molecule is CCNC(=NCc1ccn(C)c1)NCC1CC(=O)Nc2ccccc21. The largest absolute Gasteiger partial charge is 0.357 e. The van der Waals surface area contributed by atoms with Gasteiger partial charge >= 0.3 is 0 Å². The number of para-hydroxylation sites is 1. The summed E-state index contributed by atoms with van der Waals surface area (Å²) in [6, 6.07) is 10.1. The number of hydrogen-bond acceptors (Lipinski definition) is 2. The van der Waals surface area contributed by atoms with Crippen LogP contribution in [0.25, 0.3) is 0 Å². The average Bonchev–Trinajstić information content (AvgIpc) is 3.02. The Morgan fingerprint density at radius 3 is 2.92 bits per heavy atom. The van der Waals surface area contributed by atoms with Crippen molar-refractivity contribution in [2.24, 2.45) is 12.0 Å². The van der Waals surface area contributed by atoms with E-state index in [9.17, 15) is 4.79 Å². The van der Waals surface area contributed by atoms with Gasteiger partial charge in [0.05, 0.1) is 6.54 Å². The summed E-state index contributed by atoms with van der Waals surface area (Å²) < 4.78 is 2.02. The number of carbonyl (C=O) groups is 1. The van der Waals surface area contributed by atoms with Gasteiger partial charge in [-0.1, -0.05) is 18.2 Å². The van der Waals surface area contributed by atoms with E-state index in [2.05, 4.69) is 39.3 Å². The number of rotatable bonds is 5. The third kappa shape index (κ3) is 4.41. The molecule has 0 saturated heterocycles. The van der Waals surface area contributed by atoms with E-state index in [-0.39, 0.29) is 11.8 Å². The number of aryl methyl sites for hydroxylation is 1. The number of aromatic nitrogens is 1. The number of aliphatic imine (C=N–C) groups is 1. The second-order valence-electron chi connectivity index (χ2n) is 6.30. The number of hydrogen-bond donors (Lipinski definition) is 3. The lowest BCUT2D eigenvalue weighted by molar-refractivity contribution is -0.116. The molecule has 6 heteroatoms. The first-order chi connectivity index (χ1) is 12.2. The maximum Gasteiger partial charge on any atom is 0.225 e. The predicted molar refractivity (Wildman–Crippen MR) is 101 cm³/mol. The molecular weight excluding hydrogens is 314 g/mol. The van der Waals surface area contributed by atoms with Crippen LogP contribution in [0, 0.1) is 0 Å². The lowest BCUT2D eigenvalue weighted by atomic mass is 9.90. The molecule has 0 spiro atoms. The van der Waals surface area contributed by atoms with E-state index in [1.54, 1.807) is 0 Å². The van der Waals surface area contributed by atoms with E-state index in [0.717, 1.165) is 18.2 Å². The van der Waals surface area contributed by atoms with Gasteiger partial charge in [0, 0.05) is 50.6 Å². The Bertz CT molecular complexity index is 765. The molecule has 1 unspecified atom stereocenters. The van der Waals surface area contributed by atoms with Crippen molar-refractivity contribution in [2.75, 3.05) is 18.4 Å². The van der Waals surface area contributed by atoms with E-state index < -0.39 is 0 Å². The lowest BCUT2D eigenvalue weighted by Crippen LogP contribution is -2.40. The van der Waals surface area contributed by atoms with Crippen LogP contribution in [0.15, 0.2) is 47.7 Å².